The molecule has 1 amide bonds. The summed E-state index contributed by atoms with van der Waals surface area (Å²) in [5, 5.41) is 16.3. The average Bonchev–Trinajstić information content (AvgIpc) is 3.23. The summed E-state index contributed by atoms with van der Waals surface area (Å²) in [6.45, 7) is 1.16. The Morgan fingerprint density at radius 3 is 3.13 bits per heavy atom. The highest BCUT2D eigenvalue weighted by molar-refractivity contribution is 5.91. The third-order valence-corrected chi connectivity index (χ3v) is 3.80. The van der Waals surface area contributed by atoms with E-state index < -0.39 is 11.5 Å². The Bertz CT molecular complexity index is 677. The van der Waals surface area contributed by atoms with Crippen molar-refractivity contribution in [1.82, 2.24) is 20.3 Å². The molecule has 2 aromatic rings. The summed E-state index contributed by atoms with van der Waals surface area (Å²) in [6, 6.07) is 1.82. The van der Waals surface area contributed by atoms with E-state index in [2.05, 4.69) is 25.6 Å². The van der Waals surface area contributed by atoms with Crippen molar-refractivity contribution in [2.24, 2.45) is 0 Å². The maximum atomic E-state index is 11.8. The monoisotopic (exact) mass is 318 g/mol. The second-order valence-electron chi connectivity index (χ2n) is 5.46. The Labute approximate surface area is 132 Å². The van der Waals surface area contributed by atoms with Crippen LogP contribution in [0.1, 0.15) is 17.0 Å². The molecule has 0 bridgehead atoms. The number of hydrogen-bond donors (Lipinski definition) is 3. The van der Waals surface area contributed by atoms with Gasteiger partial charge in [-0.3, -0.25) is 4.79 Å². The largest absolute Gasteiger partial charge is 0.438 e. The minimum absolute atomic E-state index is 0.123. The summed E-state index contributed by atoms with van der Waals surface area (Å²) in [6.07, 6.45) is 4.53. The van der Waals surface area contributed by atoms with Crippen LogP contribution in [0.3, 0.4) is 0 Å². The van der Waals surface area contributed by atoms with E-state index in [9.17, 15) is 9.90 Å². The van der Waals surface area contributed by atoms with Crippen LogP contribution in [0.4, 0.5) is 11.6 Å². The van der Waals surface area contributed by atoms with Gasteiger partial charge in [-0.25, -0.2) is 15.0 Å². The van der Waals surface area contributed by atoms with Crippen LogP contribution in [-0.4, -0.2) is 58.2 Å². The predicted molar refractivity (Wildman–Crippen MR) is 82.2 cm³/mol. The Morgan fingerprint density at radius 1 is 1.52 bits per heavy atom. The molecule has 0 saturated carbocycles. The number of hydrogen-bond acceptors (Lipinski definition) is 8. The first-order chi connectivity index (χ1) is 11.1. The molecule has 3 rings (SSSR count). The van der Waals surface area contributed by atoms with E-state index >= 15 is 0 Å². The lowest BCUT2D eigenvalue weighted by molar-refractivity contribution is 0.0567. The minimum atomic E-state index is -1.01. The highest BCUT2D eigenvalue weighted by atomic mass is 16.3. The number of aliphatic hydroxyl groups is 1. The number of anilines is 2. The van der Waals surface area contributed by atoms with Crippen LogP contribution in [0.2, 0.25) is 0 Å². The van der Waals surface area contributed by atoms with Gasteiger partial charge in [-0.1, -0.05) is 0 Å². The molecular formula is C14H18N6O3. The number of oxazole rings is 1. The summed E-state index contributed by atoms with van der Waals surface area (Å²) in [4.78, 5) is 25.8. The van der Waals surface area contributed by atoms with Crippen molar-refractivity contribution >= 4 is 17.5 Å². The van der Waals surface area contributed by atoms with Crippen molar-refractivity contribution in [3.05, 3.63) is 30.7 Å². The van der Waals surface area contributed by atoms with Gasteiger partial charge in [0.1, 0.15) is 23.6 Å². The van der Waals surface area contributed by atoms with Crippen molar-refractivity contribution < 1.29 is 14.3 Å². The molecule has 23 heavy (non-hydrogen) atoms. The van der Waals surface area contributed by atoms with Gasteiger partial charge < -0.3 is 25.1 Å². The van der Waals surface area contributed by atoms with Crippen LogP contribution in [0.15, 0.2) is 29.4 Å². The van der Waals surface area contributed by atoms with Crippen LogP contribution < -0.4 is 15.5 Å². The molecule has 2 aromatic heterocycles. The first-order valence-electron chi connectivity index (χ1n) is 7.23. The van der Waals surface area contributed by atoms with E-state index in [1.54, 1.807) is 7.05 Å². The summed E-state index contributed by atoms with van der Waals surface area (Å²) in [7, 11) is 1.78. The second kappa shape index (κ2) is 6.21. The molecule has 1 aliphatic heterocycles. The fourth-order valence-corrected chi connectivity index (χ4v) is 2.51. The normalized spacial score (nSPS) is 20.5. The van der Waals surface area contributed by atoms with Gasteiger partial charge in [-0.05, 0) is 6.42 Å². The molecule has 0 radical (unpaired) electrons. The third-order valence-electron chi connectivity index (χ3n) is 3.80. The average molecular weight is 318 g/mol. The lowest BCUT2D eigenvalue weighted by Crippen LogP contribution is -2.45. The summed E-state index contributed by atoms with van der Waals surface area (Å²) in [5.41, 5.74) is -1.01. The van der Waals surface area contributed by atoms with Crippen LogP contribution in [0.5, 0.6) is 0 Å². The molecule has 3 heterocycles. The van der Waals surface area contributed by atoms with Gasteiger partial charge >= 0.3 is 0 Å². The Hall–Kier alpha value is -2.68. The van der Waals surface area contributed by atoms with Gasteiger partial charge in [0, 0.05) is 32.7 Å². The molecule has 0 unspecified atom stereocenters. The molecule has 1 aliphatic rings. The van der Waals surface area contributed by atoms with Crippen LogP contribution in [0.25, 0.3) is 0 Å². The number of nitrogens with one attached hydrogen (secondary N) is 2. The number of β-amino-alcohol motifs (C(OH)–C–C–N with tert-alkyl or cyclic N) is 1. The first kappa shape index (κ1) is 15.2. The number of aromatic nitrogens is 3. The molecular weight excluding hydrogens is 300 g/mol. The highest BCUT2D eigenvalue weighted by Gasteiger charge is 2.37. The Kier molecular flexibility index (Phi) is 4.11. The summed E-state index contributed by atoms with van der Waals surface area (Å²) in [5.74, 6) is 1.18. The van der Waals surface area contributed by atoms with Gasteiger partial charge in [0.2, 0.25) is 5.76 Å². The quantitative estimate of drug-likeness (QED) is 0.698. The molecule has 9 heteroatoms. The summed E-state index contributed by atoms with van der Waals surface area (Å²) < 4.78 is 4.92. The van der Waals surface area contributed by atoms with E-state index in [0.717, 1.165) is 5.82 Å². The number of carbonyl (C=O) groups is 1. The van der Waals surface area contributed by atoms with Gasteiger partial charge in [-0.2, -0.15) is 0 Å². The molecule has 9 nitrogen and oxygen atoms in total. The molecule has 0 aromatic carbocycles. The zero-order valence-electron chi connectivity index (χ0n) is 12.7. The molecule has 122 valence electrons. The van der Waals surface area contributed by atoms with Crippen LogP contribution >= 0.6 is 0 Å². The Morgan fingerprint density at radius 2 is 2.39 bits per heavy atom. The number of nitrogens with zero attached hydrogens (tertiary/aromatic N) is 4. The molecule has 3 N–H and O–H groups in total. The highest BCUT2D eigenvalue weighted by Crippen LogP contribution is 2.25. The molecule has 1 saturated heterocycles. The van der Waals surface area contributed by atoms with Crippen molar-refractivity contribution in [1.29, 1.82) is 0 Å². The van der Waals surface area contributed by atoms with Crippen molar-refractivity contribution in [2.75, 3.05) is 36.9 Å². The SMILES string of the molecule is CNc1cc(N2CC[C@](O)(CNC(=O)c3cnco3)C2)ncn1. The molecule has 1 atom stereocenters. The van der Waals surface area contributed by atoms with Crippen molar-refractivity contribution in [3.8, 4) is 0 Å². The smallest absolute Gasteiger partial charge is 0.288 e. The third kappa shape index (κ3) is 3.39. The Balaban J connectivity index is 1.60. The van der Waals surface area contributed by atoms with Crippen LogP contribution in [-0.2, 0) is 0 Å². The lowest BCUT2D eigenvalue weighted by atomic mass is 10.0. The van der Waals surface area contributed by atoms with Gasteiger partial charge in [0.05, 0.1) is 6.20 Å². The standard InChI is InChI=1S/C14H18N6O3/c1-15-11-4-12(19-8-18-11)20-3-2-14(22,7-20)6-17-13(21)10-5-16-9-23-10/h4-5,8-9,22H,2-3,6-7H2,1H3,(H,17,21)(H,15,18,19)/t14-/m0/s1. The fourth-order valence-electron chi connectivity index (χ4n) is 2.51. The number of amides is 1. The maximum Gasteiger partial charge on any atom is 0.288 e. The zero-order valence-corrected chi connectivity index (χ0v) is 12.7. The maximum absolute atomic E-state index is 11.8. The predicted octanol–water partition coefficient (Wildman–Crippen LogP) is -0.123. The van der Waals surface area contributed by atoms with E-state index in [-0.39, 0.29) is 12.3 Å². The fraction of sp³-hybridized carbons (Fsp3) is 0.429. The lowest BCUT2D eigenvalue weighted by Gasteiger charge is -2.24. The number of carbonyl (C=O) groups excluding carboxylic acids is 1. The van der Waals surface area contributed by atoms with Gasteiger partial charge in [0.15, 0.2) is 6.39 Å². The van der Waals surface area contributed by atoms with E-state index in [1.807, 2.05) is 11.0 Å². The molecule has 0 spiro atoms. The van der Waals surface area contributed by atoms with Crippen LogP contribution in [0, 0.1) is 0 Å². The number of rotatable bonds is 5. The van der Waals surface area contributed by atoms with Crippen molar-refractivity contribution in [3.63, 3.8) is 0 Å². The minimum Gasteiger partial charge on any atom is -0.438 e. The van der Waals surface area contributed by atoms with E-state index in [0.29, 0.717) is 25.3 Å². The van der Waals surface area contributed by atoms with E-state index in [4.69, 9.17) is 4.42 Å². The van der Waals surface area contributed by atoms with Gasteiger partial charge in [-0.15, -0.1) is 0 Å². The van der Waals surface area contributed by atoms with Crippen molar-refractivity contribution in [2.45, 2.75) is 12.0 Å². The molecule has 1 fully saturated rings. The topological polar surface area (TPSA) is 116 Å². The zero-order chi connectivity index (χ0) is 16.3. The first-order valence-corrected chi connectivity index (χ1v) is 7.23. The summed E-state index contributed by atoms with van der Waals surface area (Å²) >= 11 is 0. The van der Waals surface area contributed by atoms with E-state index in [1.165, 1.54) is 18.9 Å². The van der Waals surface area contributed by atoms with Gasteiger partial charge in [0.25, 0.3) is 5.91 Å². The molecule has 0 aliphatic carbocycles. The second-order valence-corrected chi connectivity index (χ2v) is 5.46.